The first-order valence-electron chi connectivity index (χ1n) is 30.4. The standard InChI is InChI=1S/C36H44N6O3.C31H36N6O/c1-35(2,3)45-34(43)41-20-18-36(23-41)17-19-40(22-36)26-11-13-27(14-12-26)42-21-30(31-32(37)38-24-39-33(31)42)25-9-15-29(16-10-25)44-28-7-5-4-6-8-28;32-29-28-27(22-6-12-26(13-7-22)38-25-4-2-1-3-5-25)18-37(30(28)35-21-34-29)24-10-8-23(9-11-24)36-17-15-31(20-36)14-16-33-19-31/h4-10,15-16,21,24,26-27H,11-14,17-20,22-23H2,1-3H3,(H2,37,38,39);1-7,12-13,18,21,23-24,33H,8-11,14-17,19-20H2,(H2,32,34,35)/t26-,27-,36?;23-,24-,31?. The summed E-state index contributed by atoms with van der Waals surface area (Å²) in [5.41, 5.74) is 19.3. The van der Waals surface area contributed by atoms with E-state index in [-0.39, 0.29) is 11.5 Å². The van der Waals surface area contributed by atoms with E-state index in [0.717, 1.165) is 132 Å². The van der Waals surface area contributed by atoms with Crippen molar-refractivity contribution >= 4 is 39.8 Å². The Kier molecular flexibility index (Phi) is 15.1. The van der Waals surface area contributed by atoms with Crippen molar-refractivity contribution in [3.63, 3.8) is 0 Å². The fourth-order valence-corrected chi connectivity index (χ4v) is 14.7. The summed E-state index contributed by atoms with van der Waals surface area (Å²) in [6, 6.07) is 38.1. The molecule has 432 valence electrons. The number of ether oxygens (including phenoxy) is 3. The fraction of sp³-hybridized carbons (Fsp3) is 0.448. The van der Waals surface area contributed by atoms with Gasteiger partial charge in [-0.05, 0) is 183 Å². The third-order valence-corrected chi connectivity index (χ3v) is 19.1. The Morgan fingerprint density at radius 3 is 1.42 bits per heavy atom. The molecule has 4 aliphatic heterocycles. The van der Waals surface area contributed by atoms with E-state index in [9.17, 15) is 4.79 Å². The molecule has 2 saturated carbocycles. The van der Waals surface area contributed by atoms with Crippen LogP contribution in [0.4, 0.5) is 16.4 Å². The average molecular weight is 1120 g/mol. The number of benzene rings is 4. The van der Waals surface area contributed by atoms with E-state index in [4.69, 9.17) is 35.6 Å². The number of amides is 1. The van der Waals surface area contributed by atoms with Gasteiger partial charge in [0.05, 0.1) is 10.8 Å². The Balaban J connectivity index is 0.000000157. The van der Waals surface area contributed by atoms with Crippen molar-refractivity contribution in [1.82, 2.24) is 49.1 Å². The van der Waals surface area contributed by atoms with Crippen LogP contribution in [0.5, 0.6) is 23.0 Å². The smallest absolute Gasteiger partial charge is 0.410 e. The molecule has 2 atom stereocenters. The van der Waals surface area contributed by atoms with Crippen molar-refractivity contribution in [3.05, 3.63) is 134 Å². The Labute approximate surface area is 487 Å². The van der Waals surface area contributed by atoms with E-state index in [2.05, 4.69) is 70.9 Å². The second-order valence-corrected chi connectivity index (χ2v) is 25.6. The van der Waals surface area contributed by atoms with Gasteiger partial charge >= 0.3 is 6.09 Å². The van der Waals surface area contributed by atoms with Crippen LogP contribution in [-0.2, 0) is 4.74 Å². The molecule has 16 heteroatoms. The first-order chi connectivity index (χ1) is 40.3. The molecule has 6 aliphatic rings. The number of carbonyl (C=O) groups excluding carboxylic acids is 1. The number of hydrogen-bond acceptors (Lipinski definition) is 13. The van der Waals surface area contributed by atoms with Crippen LogP contribution in [-0.4, -0.2) is 120 Å². The van der Waals surface area contributed by atoms with Gasteiger partial charge < -0.3 is 45.0 Å². The van der Waals surface area contributed by atoms with Crippen LogP contribution < -0.4 is 26.3 Å². The SMILES string of the molecule is CC(C)(C)OC(=O)N1CCC2(CCN([C@H]3CC[C@H](n4cc(-c5ccc(Oc6ccccc6)cc5)c5c(N)ncnc54)CC3)C2)C1.Nc1ncnc2c1c(-c1ccc(Oc3ccccc3)cc1)cn2[C@H]1CC[C@H](N2CCC3(CCNC3)C2)CC1. The Morgan fingerprint density at radius 1 is 0.530 bits per heavy atom. The van der Waals surface area contributed by atoms with E-state index in [1.54, 1.807) is 12.7 Å². The van der Waals surface area contributed by atoms with Gasteiger partial charge in [0.2, 0.25) is 0 Å². The summed E-state index contributed by atoms with van der Waals surface area (Å²) in [5.74, 6) is 4.28. The molecule has 83 heavy (non-hydrogen) atoms. The molecule has 8 aromatic rings. The van der Waals surface area contributed by atoms with Crippen molar-refractivity contribution < 1.29 is 19.0 Å². The molecule has 0 radical (unpaired) electrons. The number of anilines is 2. The first kappa shape index (κ1) is 54.7. The maximum Gasteiger partial charge on any atom is 0.410 e. The lowest BCUT2D eigenvalue weighted by Gasteiger charge is -2.36. The number of hydrogen-bond donors (Lipinski definition) is 3. The summed E-state index contributed by atoms with van der Waals surface area (Å²) in [4.78, 5) is 38.3. The first-order valence-corrected chi connectivity index (χ1v) is 30.4. The highest BCUT2D eigenvalue weighted by molar-refractivity contribution is 6.01. The molecule has 8 heterocycles. The minimum atomic E-state index is -0.459. The number of nitrogens with zero attached hydrogens (tertiary/aromatic N) is 9. The van der Waals surface area contributed by atoms with Gasteiger partial charge in [-0.15, -0.1) is 0 Å². The van der Waals surface area contributed by atoms with Crippen LogP contribution in [0.3, 0.4) is 0 Å². The van der Waals surface area contributed by atoms with Crippen molar-refractivity contribution in [1.29, 1.82) is 0 Å². The molecule has 2 unspecified atom stereocenters. The lowest BCUT2D eigenvalue weighted by molar-refractivity contribution is 0.0272. The van der Waals surface area contributed by atoms with Crippen molar-refractivity contribution in [2.24, 2.45) is 10.8 Å². The molecule has 16 nitrogen and oxygen atoms in total. The highest BCUT2D eigenvalue weighted by atomic mass is 16.6. The quantitative estimate of drug-likeness (QED) is 0.118. The van der Waals surface area contributed by atoms with E-state index >= 15 is 0 Å². The molecule has 4 aromatic carbocycles. The highest BCUT2D eigenvalue weighted by Crippen LogP contribution is 2.46. The minimum Gasteiger partial charge on any atom is -0.457 e. The van der Waals surface area contributed by atoms with Gasteiger partial charge in [0.25, 0.3) is 0 Å². The fourth-order valence-electron chi connectivity index (χ4n) is 14.7. The molecular weight excluding hydrogens is 1040 g/mol. The van der Waals surface area contributed by atoms with Crippen LogP contribution in [0.1, 0.15) is 110 Å². The zero-order valence-electron chi connectivity index (χ0n) is 48.5. The second kappa shape index (κ2) is 22.9. The van der Waals surface area contributed by atoms with Gasteiger partial charge in [-0.2, -0.15) is 0 Å². The van der Waals surface area contributed by atoms with Gasteiger partial charge in [-0.25, -0.2) is 24.7 Å². The van der Waals surface area contributed by atoms with Crippen molar-refractivity contribution in [2.75, 3.05) is 63.8 Å². The Bertz CT molecular complexity index is 3530. The Hall–Kier alpha value is -7.53. The monoisotopic (exact) mass is 1120 g/mol. The van der Waals surface area contributed by atoms with E-state index in [1.165, 1.54) is 64.7 Å². The van der Waals surface area contributed by atoms with Crippen LogP contribution >= 0.6 is 0 Å². The summed E-state index contributed by atoms with van der Waals surface area (Å²) < 4.78 is 22.4. The van der Waals surface area contributed by atoms with E-state index < -0.39 is 5.60 Å². The molecule has 14 rings (SSSR count). The van der Waals surface area contributed by atoms with Crippen LogP contribution in [0.2, 0.25) is 0 Å². The molecular formula is C67H80N12O4. The van der Waals surface area contributed by atoms with Gasteiger partial charge in [0.1, 0.15) is 64.2 Å². The number of carbonyl (C=O) groups is 1. The van der Waals surface area contributed by atoms with Crippen LogP contribution in [0.15, 0.2) is 134 Å². The zero-order chi connectivity index (χ0) is 56.7. The molecule has 6 fully saturated rings. The van der Waals surface area contributed by atoms with E-state index in [0.29, 0.717) is 41.2 Å². The number of aromatic nitrogens is 6. The van der Waals surface area contributed by atoms with Crippen molar-refractivity contribution in [2.45, 2.75) is 128 Å². The Morgan fingerprint density at radius 2 is 0.964 bits per heavy atom. The average Bonchev–Trinajstić information content (AvgIpc) is 4.50. The maximum atomic E-state index is 12.7. The minimum absolute atomic E-state index is 0.169. The van der Waals surface area contributed by atoms with Crippen LogP contribution in [0, 0.1) is 10.8 Å². The van der Waals surface area contributed by atoms with Gasteiger partial charge in [0, 0.05) is 85.8 Å². The third kappa shape index (κ3) is 11.6. The lowest BCUT2D eigenvalue weighted by atomic mass is 9.86. The van der Waals surface area contributed by atoms with E-state index in [1.807, 2.05) is 111 Å². The molecule has 0 bridgehead atoms. The van der Waals surface area contributed by atoms with Gasteiger partial charge in [0.15, 0.2) is 0 Å². The van der Waals surface area contributed by atoms with Crippen molar-refractivity contribution in [3.8, 4) is 45.3 Å². The zero-order valence-corrected chi connectivity index (χ0v) is 48.5. The molecule has 2 aliphatic carbocycles. The number of para-hydroxylation sites is 2. The largest absolute Gasteiger partial charge is 0.457 e. The summed E-state index contributed by atoms with van der Waals surface area (Å²) in [6.45, 7) is 14.5. The molecule has 4 aromatic heterocycles. The summed E-state index contributed by atoms with van der Waals surface area (Å²) in [5, 5.41) is 5.46. The van der Waals surface area contributed by atoms with Gasteiger partial charge in [-0.1, -0.05) is 60.7 Å². The number of nitrogens with one attached hydrogen (secondary N) is 1. The summed E-state index contributed by atoms with van der Waals surface area (Å²) in [7, 11) is 0. The highest BCUT2D eigenvalue weighted by Gasteiger charge is 2.48. The maximum absolute atomic E-state index is 12.7. The van der Waals surface area contributed by atoms with Gasteiger partial charge in [-0.3, -0.25) is 9.80 Å². The predicted octanol–water partition coefficient (Wildman–Crippen LogP) is 12.9. The topological polar surface area (TPSA) is 180 Å². The summed E-state index contributed by atoms with van der Waals surface area (Å²) >= 11 is 0. The molecule has 5 N–H and O–H groups in total. The molecule has 2 spiro atoms. The normalized spacial score (nSPS) is 24.9. The number of nitrogens with two attached hydrogens (primary N) is 2. The lowest BCUT2D eigenvalue weighted by Crippen LogP contribution is -2.40. The third-order valence-electron chi connectivity index (χ3n) is 19.1. The molecule has 4 saturated heterocycles. The number of likely N-dealkylation sites (tertiary alicyclic amines) is 3. The number of rotatable bonds is 10. The number of nitrogen functional groups attached to an aromatic ring is 2. The van der Waals surface area contributed by atoms with Crippen LogP contribution in [0.25, 0.3) is 44.3 Å². The second-order valence-electron chi connectivity index (χ2n) is 25.6. The summed E-state index contributed by atoms with van der Waals surface area (Å²) in [6.07, 6.45) is 21.7. The predicted molar refractivity (Wildman–Crippen MR) is 328 cm³/mol. The molecule has 1 amide bonds. The number of fused-ring (bicyclic) bond motifs is 2.